The van der Waals surface area contributed by atoms with Crippen molar-refractivity contribution in [1.29, 1.82) is 0 Å². The molecular formula is C40H46N6O9. The van der Waals surface area contributed by atoms with Crippen LogP contribution in [0, 0.1) is 5.92 Å². The minimum atomic E-state index is -1.17. The molecule has 5 N–H and O–H groups in total. The highest BCUT2D eigenvalue weighted by Crippen LogP contribution is 2.32. The van der Waals surface area contributed by atoms with Crippen LogP contribution in [-0.4, -0.2) is 104 Å². The van der Waals surface area contributed by atoms with Crippen LogP contribution in [-0.2, 0) is 36.8 Å². The van der Waals surface area contributed by atoms with Gasteiger partial charge in [-0.1, -0.05) is 44.2 Å². The number of nitrogens with zero attached hydrogens (tertiary/aromatic N) is 1. The highest BCUT2D eigenvalue weighted by atomic mass is 16.7. The van der Waals surface area contributed by atoms with Crippen LogP contribution in [0.1, 0.15) is 35.3 Å². The van der Waals surface area contributed by atoms with Gasteiger partial charge in [0.15, 0.2) is 11.5 Å². The van der Waals surface area contributed by atoms with Crippen LogP contribution in [0.4, 0.5) is 0 Å². The average molecular weight is 755 g/mol. The zero-order valence-electron chi connectivity index (χ0n) is 31.0. The first-order chi connectivity index (χ1) is 26.6. The largest absolute Gasteiger partial charge is 0.492 e. The third kappa shape index (κ3) is 9.72. The molecule has 0 spiro atoms. The van der Waals surface area contributed by atoms with E-state index < -0.39 is 48.3 Å². The van der Waals surface area contributed by atoms with Crippen LogP contribution >= 0.6 is 0 Å². The minimum Gasteiger partial charge on any atom is -0.492 e. The van der Waals surface area contributed by atoms with E-state index >= 15 is 0 Å². The van der Waals surface area contributed by atoms with Crippen molar-refractivity contribution in [3.8, 4) is 17.2 Å². The first-order valence-corrected chi connectivity index (χ1v) is 18.2. The lowest BCUT2D eigenvalue weighted by Crippen LogP contribution is -2.58. The second kappa shape index (κ2) is 17.8. The van der Waals surface area contributed by atoms with Gasteiger partial charge >= 0.3 is 0 Å². The van der Waals surface area contributed by atoms with Gasteiger partial charge in [0, 0.05) is 49.2 Å². The lowest BCUT2D eigenvalue weighted by atomic mass is 10.0. The predicted octanol–water partition coefficient (Wildman–Crippen LogP) is 2.09. The molecule has 3 atom stereocenters. The van der Waals surface area contributed by atoms with Crippen molar-refractivity contribution < 1.29 is 42.9 Å². The van der Waals surface area contributed by atoms with Crippen molar-refractivity contribution in [2.75, 3.05) is 46.8 Å². The second-order valence-corrected chi connectivity index (χ2v) is 13.7. The number of methoxy groups -OCH3 is 1. The highest BCUT2D eigenvalue weighted by Gasteiger charge is 2.33. The Labute approximate surface area is 318 Å². The van der Waals surface area contributed by atoms with Gasteiger partial charge in [-0.2, -0.15) is 0 Å². The molecule has 3 aromatic carbocycles. The number of H-pyrrole nitrogens is 1. The molecule has 7 rings (SSSR count). The van der Waals surface area contributed by atoms with Gasteiger partial charge in [0.25, 0.3) is 5.91 Å². The Morgan fingerprint density at radius 2 is 1.73 bits per heavy atom. The van der Waals surface area contributed by atoms with Gasteiger partial charge in [0.2, 0.25) is 30.4 Å². The summed E-state index contributed by atoms with van der Waals surface area (Å²) in [7, 11) is 1.48. The molecule has 3 aliphatic heterocycles. The molecule has 55 heavy (non-hydrogen) atoms. The van der Waals surface area contributed by atoms with Crippen LogP contribution in [0.3, 0.4) is 0 Å². The van der Waals surface area contributed by atoms with Gasteiger partial charge in [-0.15, -0.1) is 0 Å². The zero-order chi connectivity index (χ0) is 38.9. The number of aromatic amines is 1. The average Bonchev–Trinajstić information content (AvgIpc) is 3.83. The molecule has 2 bridgehead atoms. The summed E-state index contributed by atoms with van der Waals surface area (Å²) in [6.45, 7) is 3.72. The van der Waals surface area contributed by atoms with Gasteiger partial charge in [-0.25, -0.2) is 0 Å². The van der Waals surface area contributed by atoms with E-state index in [9.17, 15) is 24.0 Å². The molecule has 4 aromatic rings. The van der Waals surface area contributed by atoms with Crippen molar-refractivity contribution in [1.82, 2.24) is 31.2 Å². The Bertz CT molecular complexity index is 2010. The fourth-order valence-corrected chi connectivity index (χ4v) is 6.51. The SMILES string of the molecule is COCCN1CC(=O)N[C@@H](C(C)C)C(=O)NCCOc2ccc(cc2)C[C@H](NC(=O)c2ccc3c(c2)OCO3)C(=O)N[C@@H](Cc2c[nH]c3ccccc23)C1=O. The second-order valence-electron chi connectivity index (χ2n) is 13.7. The third-order valence-corrected chi connectivity index (χ3v) is 9.48. The van der Waals surface area contributed by atoms with Crippen molar-refractivity contribution in [2.24, 2.45) is 5.92 Å². The quantitative estimate of drug-likeness (QED) is 0.168. The minimum absolute atomic E-state index is 0.0233. The highest BCUT2D eigenvalue weighted by molar-refractivity contribution is 5.99. The number of carbonyl (C=O) groups excluding carboxylic acids is 5. The number of aromatic nitrogens is 1. The fourth-order valence-electron chi connectivity index (χ4n) is 6.51. The lowest BCUT2D eigenvalue weighted by Gasteiger charge is -2.30. The molecule has 290 valence electrons. The summed E-state index contributed by atoms with van der Waals surface area (Å²) in [5, 5.41) is 12.2. The monoisotopic (exact) mass is 754 g/mol. The van der Waals surface area contributed by atoms with Crippen LogP contribution < -0.4 is 35.5 Å². The topological polar surface area (TPSA) is 189 Å². The number of hydrogen-bond acceptors (Lipinski definition) is 9. The Hall–Kier alpha value is -6.09. The molecule has 0 fully saturated rings. The number of amides is 5. The summed E-state index contributed by atoms with van der Waals surface area (Å²) in [6.07, 6.45) is 1.91. The van der Waals surface area contributed by atoms with E-state index in [1.54, 1.807) is 48.7 Å². The number of ether oxygens (including phenoxy) is 4. The van der Waals surface area contributed by atoms with E-state index in [-0.39, 0.29) is 63.3 Å². The summed E-state index contributed by atoms with van der Waals surface area (Å²) < 4.78 is 22.0. The predicted molar refractivity (Wildman–Crippen MR) is 202 cm³/mol. The summed E-state index contributed by atoms with van der Waals surface area (Å²) in [6, 6.07) is 16.2. The first-order valence-electron chi connectivity index (χ1n) is 18.2. The molecule has 0 saturated heterocycles. The molecule has 0 aliphatic carbocycles. The van der Waals surface area contributed by atoms with Crippen molar-refractivity contribution in [2.45, 2.75) is 44.8 Å². The summed E-state index contributed by atoms with van der Waals surface area (Å²) in [5.74, 6) is -1.46. The Kier molecular flexibility index (Phi) is 12.5. The number of nitrogens with one attached hydrogen (secondary N) is 5. The van der Waals surface area contributed by atoms with Crippen LogP contribution in [0.2, 0.25) is 0 Å². The van der Waals surface area contributed by atoms with E-state index in [2.05, 4.69) is 26.3 Å². The maximum absolute atomic E-state index is 14.6. The van der Waals surface area contributed by atoms with Crippen LogP contribution in [0.5, 0.6) is 17.2 Å². The van der Waals surface area contributed by atoms with Crippen molar-refractivity contribution >= 4 is 40.4 Å². The van der Waals surface area contributed by atoms with E-state index in [0.29, 0.717) is 22.8 Å². The number of fused-ring (bicyclic) bond motifs is 19. The van der Waals surface area contributed by atoms with E-state index in [1.165, 1.54) is 12.0 Å². The Balaban J connectivity index is 1.35. The van der Waals surface area contributed by atoms with Crippen LogP contribution in [0.15, 0.2) is 72.9 Å². The van der Waals surface area contributed by atoms with Crippen molar-refractivity contribution in [3.05, 3.63) is 89.6 Å². The maximum atomic E-state index is 14.6. The maximum Gasteiger partial charge on any atom is 0.252 e. The molecule has 3 aliphatic rings. The molecule has 15 nitrogen and oxygen atoms in total. The summed E-state index contributed by atoms with van der Waals surface area (Å²) >= 11 is 0. The number of rotatable bonds is 8. The number of carbonyl (C=O) groups is 5. The smallest absolute Gasteiger partial charge is 0.252 e. The van der Waals surface area contributed by atoms with Crippen LogP contribution in [0.25, 0.3) is 10.9 Å². The molecule has 15 heteroatoms. The van der Waals surface area contributed by atoms with Gasteiger partial charge in [0.1, 0.15) is 30.5 Å². The van der Waals surface area contributed by atoms with Gasteiger partial charge in [0.05, 0.1) is 19.7 Å². The van der Waals surface area contributed by atoms with Crippen molar-refractivity contribution in [3.63, 3.8) is 0 Å². The van der Waals surface area contributed by atoms with Gasteiger partial charge in [-0.3, -0.25) is 24.0 Å². The number of para-hydroxylation sites is 1. The number of hydrogen-bond donors (Lipinski definition) is 5. The standard InChI is InChI=1S/C40H46N6O9/c1-24(2)36-39(50)41-14-16-53-28-11-8-25(9-12-28)18-31(43-37(48)26-10-13-33-34(20-26)55-23-54-33)38(49)44-32(19-27-21-42-30-7-5-4-6-29(27)30)40(51)46(15-17-52-3)22-35(47)45-36/h4-13,20-21,24,31-32,36,42H,14-19,22-23H2,1-3H3,(H,41,50)(H,43,48)(H,44,49)(H,45,47)/t31-,32-,36-/m0/s1. The summed E-state index contributed by atoms with van der Waals surface area (Å²) in [5.41, 5.74) is 2.56. The molecule has 0 radical (unpaired) electrons. The molecule has 4 heterocycles. The van der Waals surface area contributed by atoms with E-state index in [4.69, 9.17) is 18.9 Å². The lowest BCUT2D eigenvalue weighted by molar-refractivity contribution is -0.141. The third-order valence-electron chi connectivity index (χ3n) is 9.48. The molecule has 5 amide bonds. The van der Waals surface area contributed by atoms with Gasteiger partial charge in [-0.05, 0) is 53.4 Å². The first kappa shape index (κ1) is 38.6. The van der Waals surface area contributed by atoms with E-state index in [1.807, 2.05) is 38.1 Å². The van der Waals surface area contributed by atoms with E-state index in [0.717, 1.165) is 16.5 Å². The summed E-state index contributed by atoms with van der Waals surface area (Å²) in [4.78, 5) is 73.9. The fraction of sp³-hybridized carbons (Fsp3) is 0.375. The Morgan fingerprint density at radius 1 is 0.945 bits per heavy atom. The molecular weight excluding hydrogens is 708 g/mol. The zero-order valence-corrected chi connectivity index (χ0v) is 31.0. The molecule has 0 unspecified atom stereocenters. The number of benzene rings is 3. The Morgan fingerprint density at radius 3 is 2.51 bits per heavy atom. The van der Waals surface area contributed by atoms with Gasteiger partial charge < -0.3 is 50.1 Å². The normalized spacial score (nSPS) is 19.8. The molecule has 1 aromatic heterocycles. The molecule has 0 saturated carbocycles.